The molecule has 3 amide bonds. The van der Waals surface area contributed by atoms with Crippen molar-refractivity contribution in [2.75, 3.05) is 26.2 Å². The SMILES string of the molecule is Cc1ccc(C(C)C)cc1CC(=O)N1CCN(C(=O)C2CCC(=O)N2)CC1. The maximum atomic E-state index is 12.7. The van der Waals surface area contributed by atoms with Crippen LogP contribution in [0.4, 0.5) is 0 Å². The van der Waals surface area contributed by atoms with E-state index in [1.807, 2.05) is 11.8 Å². The van der Waals surface area contributed by atoms with E-state index < -0.39 is 0 Å². The van der Waals surface area contributed by atoms with E-state index in [0.29, 0.717) is 51.4 Å². The number of piperazine rings is 1. The van der Waals surface area contributed by atoms with Crippen molar-refractivity contribution in [1.29, 1.82) is 0 Å². The van der Waals surface area contributed by atoms with Gasteiger partial charge in [-0.05, 0) is 36.0 Å². The number of hydrogen-bond acceptors (Lipinski definition) is 3. The van der Waals surface area contributed by atoms with E-state index in [1.165, 1.54) is 5.56 Å². The van der Waals surface area contributed by atoms with Crippen molar-refractivity contribution in [2.24, 2.45) is 0 Å². The molecule has 0 aliphatic carbocycles. The third-order valence-corrected chi connectivity index (χ3v) is 5.62. The van der Waals surface area contributed by atoms with Crippen LogP contribution in [0.3, 0.4) is 0 Å². The Morgan fingerprint density at radius 3 is 2.41 bits per heavy atom. The summed E-state index contributed by atoms with van der Waals surface area (Å²) in [6.07, 6.45) is 1.39. The van der Waals surface area contributed by atoms with E-state index in [0.717, 1.165) is 11.1 Å². The van der Waals surface area contributed by atoms with E-state index in [1.54, 1.807) is 4.90 Å². The molecule has 2 aliphatic rings. The molecule has 146 valence electrons. The normalized spacial score (nSPS) is 20.1. The molecule has 0 radical (unpaired) electrons. The van der Waals surface area contributed by atoms with Gasteiger partial charge >= 0.3 is 0 Å². The van der Waals surface area contributed by atoms with Gasteiger partial charge in [-0.25, -0.2) is 0 Å². The molecule has 6 nitrogen and oxygen atoms in total. The quantitative estimate of drug-likeness (QED) is 0.874. The molecule has 27 heavy (non-hydrogen) atoms. The molecule has 1 unspecified atom stereocenters. The maximum Gasteiger partial charge on any atom is 0.245 e. The summed E-state index contributed by atoms with van der Waals surface area (Å²) in [5.74, 6) is 0.472. The highest BCUT2D eigenvalue weighted by Crippen LogP contribution is 2.20. The van der Waals surface area contributed by atoms with E-state index in [4.69, 9.17) is 0 Å². The van der Waals surface area contributed by atoms with E-state index in [-0.39, 0.29) is 23.8 Å². The number of amides is 3. The van der Waals surface area contributed by atoms with Crippen LogP contribution < -0.4 is 5.32 Å². The number of hydrogen-bond donors (Lipinski definition) is 1. The topological polar surface area (TPSA) is 69.7 Å². The monoisotopic (exact) mass is 371 g/mol. The first-order valence-electron chi connectivity index (χ1n) is 9.80. The lowest BCUT2D eigenvalue weighted by atomic mass is 9.96. The first-order chi connectivity index (χ1) is 12.8. The minimum absolute atomic E-state index is 0.0200. The van der Waals surface area contributed by atoms with Crippen LogP contribution in [0.15, 0.2) is 18.2 Å². The fraction of sp³-hybridized carbons (Fsp3) is 0.571. The van der Waals surface area contributed by atoms with Gasteiger partial charge in [-0.2, -0.15) is 0 Å². The predicted molar refractivity (Wildman–Crippen MR) is 103 cm³/mol. The molecule has 0 bridgehead atoms. The van der Waals surface area contributed by atoms with Crippen molar-refractivity contribution in [3.8, 4) is 0 Å². The molecular weight excluding hydrogens is 342 g/mol. The zero-order chi connectivity index (χ0) is 19.6. The molecule has 1 atom stereocenters. The minimum Gasteiger partial charge on any atom is -0.344 e. The lowest BCUT2D eigenvalue weighted by molar-refractivity contribution is -0.140. The summed E-state index contributed by atoms with van der Waals surface area (Å²) in [6.45, 7) is 8.50. The summed E-state index contributed by atoms with van der Waals surface area (Å²) in [5.41, 5.74) is 3.47. The molecule has 0 spiro atoms. The first-order valence-corrected chi connectivity index (χ1v) is 9.80. The second kappa shape index (κ2) is 8.11. The van der Waals surface area contributed by atoms with E-state index in [9.17, 15) is 14.4 Å². The average molecular weight is 371 g/mol. The number of rotatable bonds is 4. The third kappa shape index (κ3) is 4.49. The highest BCUT2D eigenvalue weighted by molar-refractivity contribution is 5.91. The average Bonchev–Trinajstić information content (AvgIpc) is 3.09. The Morgan fingerprint density at radius 1 is 1.15 bits per heavy atom. The zero-order valence-corrected chi connectivity index (χ0v) is 16.5. The van der Waals surface area contributed by atoms with Gasteiger partial charge in [-0.1, -0.05) is 32.0 Å². The summed E-state index contributed by atoms with van der Waals surface area (Å²) in [4.78, 5) is 40.1. The highest BCUT2D eigenvalue weighted by atomic mass is 16.2. The lowest BCUT2D eigenvalue weighted by Gasteiger charge is -2.36. The van der Waals surface area contributed by atoms with Crippen LogP contribution in [0.2, 0.25) is 0 Å². The molecule has 2 heterocycles. The fourth-order valence-electron chi connectivity index (χ4n) is 3.71. The number of carbonyl (C=O) groups excluding carboxylic acids is 3. The van der Waals surface area contributed by atoms with E-state index >= 15 is 0 Å². The standard InChI is InChI=1S/C21H29N3O3/c1-14(2)16-5-4-15(3)17(12-16)13-20(26)23-8-10-24(11-9-23)21(27)18-6-7-19(25)22-18/h4-5,12,14,18H,6-11,13H2,1-3H3,(H,22,25). The minimum atomic E-state index is -0.388. The van der Waals surface area contributed by atoms with Crippen LogP contribution in [0, 0.1) is 6.92 Å². The zero-order valence-electron chi connectivity index (χ0n) is 16.5. The number of nitrogens with one attached hydrogen (secondary N) is 1. The number of aryl methyl sites for hydroxylation is 1. The Hall–Kier alpha value is -2.37. The Morgan fingerprint density at radius 2 is 1.81 bits per heavy atom. The third-order valence-electron chi connectivity index (χ3n) is 5.62. The van der Waals surface area contributed by atoms with E-state index in [2.05, 4.69) is 37.4 Å². The van der Waals surface area contributed by atoms with Crippen LogP contribution in [0.5, 0.6) is 0 Å². The van der Waals surface area contributed by atoms with Crippen LogP contribution in [-0.4, -0.2) is 59.7 Å². The summed E-state index contributed by atoms with van der Waals surface area (Å²) in [6, 6.07) is 5.96. The van der Waals surface area contributed by atoms with Gasteiger partial charge in [0.05, 0.1) is 6.42 Å². The molecule has 1 aromatic rings. The Labute approximate surface area is 160 Å². The Kier molecular flexibility index (Phi) is 5.82. The van der Waals surface area contributed by atoms with Crippen LogP contribution in [0.25, 0.3) is 0 Å². The molecule has 6 heteroatoms. The smallest absolute Gasteiger partial charge is 0.245 e. The predicted octanol–water partition coefficient (Wildman–Crippen LogP) is 1.61. The van der Waals surface area contributed by atoms with Gasteiger partial charge in [-0.3, -0.25) is 14.4 Å². The number of carbonyl (C=O) groups is 3. The maximum absolute atomic E-state index is 12.7. The molecule has 1 aromatic carbocycles. The van der Waals surface area contributed by atoms with Gasteiger partial charge in [0, 0.05) is 32.6 Å². The molecule has 1 N–H and O–H groups in total. The van der Waals surface area contributed by atoms with Gasteiger partial charge in [0.1, 0.15) is 6.04 Å². The molecule has 3 rings (SSSR count). The van der Waals surface area contributed by atoms with Crippen molar-refractivity contribution in [1.82, 2.24) is 15.1 Å². The Balaban J connectivity index is 1.55. The summed E-state index contributed by atoms with van der Waals surface area (Å²) in [5, 5.41) is 2.73. The summed E-state index contributed by atoms with van der Waals surface area (Å²) < 4.78 is 0. The lowest BCUT2D eigenvalue weighted by Crippen LogP contribution is -2.54. The highest BCUT2D eigenvalue weighted by Gasteiger charge is 2.33. The number of benzene rings is 1. The molecular formula is C21H29N3O3. The van der Waals surface area contributed by atoms with Gasteiger partial charge in [-0.15, -0.1) is 0 Å². The molecule has 2 aliphatic heterocycles. The fourth-order valence-corrected chi connectivity index (χ4v) is 3.71. The summed E-state index contributed by atoms with van der Waals surface area (Å²) >= 11 is 0. The van der Waals surface area contributed by atoms with Crippen molar-refractivity contribution >= 4 is 17.7 Å². The van der Waals surface area contributed by atoms with Crippen molar-refractivity contribution in [3.63, 3.8) is 0 Å². The number of nitrogens with zero attached hydrogens (tertiary/aromatic N) is 2. The van der Waals surface area contributed by atoms with Crippen LogP contribution in [-0.2, 0) is 20.8 Å². The summed E-state index contributed by atoms with van der Waals surface area (Å²) in [7, 11) is 0. The van der Waals surface area contributed by atoms with Gasteiger partial charge in [0.15, 0.2) is 0 Å². The van der Waals surface area contributed by atoms with Crippen LogP contribution in [0.1, 0.15) is 49.3 Å². The first kappa shape index (κ1) is 19.4. The van der Waals surface area contributed by atoms with Crippen molar-refractivity contribution < 1.29 is 14.4 Å². The van der Waals surface area contributed by atoms with Gasteiger partial charge < -0.3 is 15.1 Å². The van der Waals surface area contributed by atoms with Gasteiger partial charge in [0.25, 0.3) is 0 Å². The Bertz CT molecular complexity index is 736. The molecule has 2 saturated heterocycles. The largest absolute Gasteiger partial charge is 0.344 e. The second-order valence-corrected chi connectivity index (χ2v) is 7.88. The van der Waals surface area contributed by atoms with Gasteiger partial charge in [0.2, 0.25) is 17.7 Å². The molecule has 2 fully saturated rings. The van der Waals surface area contributed by atoms with Crippen molar-refractivity contribution in [2.45, 2.75) is 52.0 Å². The second-order valence-electron chi connectivity index (χ2n) is 7.88. The molecule has 0 aromatic heterocycles. The van der Waals surface area contributed by atoms with Crippen molar-refractivity contribution in [3.05, 3.63) is 34.9 Å². The molecule has 0 saturated carbocycles. The van der Waals surface area contributed by atoms with Crippen LogP contribution >= 0.6 is 0 Å².